The molecule has 0 radical (unpaired) electrons. The molecule has 1 aromatic carbocycles. The number of aryl methyl sites for hydroxylation is 1. The summed E-state index contributed by atoms with van der Waals surface area (Å²) in [5.41, 5.74) is 2.13. The van der Waals surface area contributed by atoms with E-state index < -0.39 is 5.60 Å². The van der Waals surface area contributed by atoms with Gasteiger partial charge in [-0.25, -0.2) is 4.98 Å². The van der Waals surface area contributed by atoms with Crippen molar-refractivity contribution in [3.8, 4) is 17.0 Å². The maximum atomic E-state index is 11.1. The number of ether oxygens (including phenoxy) is 1. The van der Waals surface area contributed by atoms with Crippen molar-refractivity contribution in [2.75, 3.05) is 20.2 Å². The molecule has 0 atom stereocenters. The molecule has 1 fully saturated rings. The summed E-state index contributed by atoms with van der Waals surface area (Å²) in [5.74, 6) is 2.51. The van der Waals surface area contributed by atoms with Crippen LogP contribution in [0.15, 0.2) is 41.1 Å². The van der Waals surface area contributed by atoms with E-state index in [9.17, 15) is 5.11 Å². The average molecular weight is 396 g/mol. The van der Waals surface area contributed by atoms with E-state index in [1.54, 1.807) is 7.11 Å². The molecule has 4 rings (SSSR count). The van der Waals surface area contributed by atoms with Crippen LogP contribution in [-0.4, -0.2) is 50.5 Å². The van der Waals surface area contributed by atoms with Gasteiger partial charge in [-0.3, -0.25) is 4.90 Å². The quantitative estimate of drug-likeness (QED) is 0.690. The SMILES string of the molecule is COc1cccc(-c2cc(CC3(O)CCN(Cc4cnc(C)n4C)CC3)on2)c1. The van der Waals surface area contributed by atoms with Crippen LogP contribution in [0.2, 0.25) is 0 Å². The lowest BCUT2D eigenvalue weighted by molar-refractivity contribution is -0.0269. The molecule has 0 bridgehead atoms. The summed E-state index contributed by atoms with van der Waals surface area (Å²) >= 11 is 0. The van der Waals surface area contributed by atoms with E-state index in [1.165, 1.54) is 5.69 Å². The van der Waals surface area contributed by atoms with Gasteiger partial charge in [-0.15, -0.1) is 0 Å². The van der Waals surface area contributed by atoms with Crippen LogP contribution in [0.3, 0.4) is 0 Å². The molecule has 0 unspecified atom stereocenters. The van der Waals surface area contributed by atoms with E-state index in [2.05, 4.69) is 19.6 Å². The van der Waals surface area contributed by atoms with Crippen LogP contribution in [0.1, 0.15) is 30.1 Å². The predicted molar refractivity (Wildman–Crippen MR) is 110 cm³/mol. The Morgan fingerprint density at radius 1 is 1.24 bits per heavy atom. The third-order valence-electron chi connectivity index (χ3n) is 5.92. The van der Waals surface area contributed by atoms with Gasteiger partial charge in [0.15, 0.2) is 0 Å². The van der Waals surface area contributed by atoms with Crippen molar-refractivity contribution in [1.82, 2.24) is 19.6 Å². The van der Waals surface area contributed by atoms with Gasteiger partial charge in [0, 0.05) is 50.9 Å². The number of nitrogens with zero attached hydrogens (tertiary/aromatic N) is 4. The van der Waals surface area contributed by atoms with Gasteiger partial charge in [-0.1, -0.05) is 17.3 Å². The zero-order valence-corrected chi connectivity index (χ0v) is 17.3. The van der Waals surface area contributed by atoms with Gasteiger partial charge >= 0.3 is 0 Å². The summed E-state index contributed by atoms with van der Waals surface area (Å²) in [5, 5.41) is 15.3. The molecule has 7 heteroatoms. The third kappa shape index (κ3) is 4.36. The standard InChI is InChI=1S/C22H28N4O3/c1-16-23-14-18(25(16)2)15-26-9-7-22(27,8-10-26)13-20-12-21(24-29-20)17-5-4-6-19(11-17)28-3/h4-6,11-12,14,27H,7-10,13,15H2,1-3H3. The second kappa shape index (κ2) is 8.00. The van der Waals surface area contributed by atoms with Crippen molar-refractivity contribution >= 4 is 0 Å². The molecule has 0 saturated carbocycles. The lowest BCUT2D eigenvalue weighted by atomic mass is 9.87. The smallest absolute Gasteiger partial charge is 0.140 e. The van der Waals surface area contributed by atoms with E-state index in [0.717, 1.165) is 42.5 Å². The van der Waals surface area contributed by atoms with Crippen LogP contribution in [0, 0.1) is 6.92 Å². The fourth-order valence-electron chi connectivity index (χ4n) is 3.87. The van der Waals surface area contributed by atoms with Crippen LogP contribution in [-0.2, 0) is 20.0 Å². The number of hydrogen-bond donors (Lipinski definition) is 1. The molecule has 0 amide bonds. The van der Waals surface area contributed by atoms with Crippen LogP contribution in [0.25, 0.3) is 11.3 Å². The Morgan fingerprint density at radius 3 is 2.72 bits per heavy atom. The van der Waals surface area contributed by atoms with Crippen molar-refractivity contribution in [1.29, 1.82) is 0 Å². The topological polar surface area (TPSA) is 76.6 Å². The summed E-state index contributed by atoms with van der Waals surface area (Å²) in [7, 11) is 3.69. The first kappa shape index (κ1) is 19.7. The Kier molecular flexibility index (Phi) is 5.43. The molecule has 2 aromatic heterocycles. The zero-order chi connectivity index (χ0) is 20.4. The minimum Gasteiger partial charge on any atom is -0.497 e. The van der Waals surface area contributed by atoms with Gasteiger partial charge < -0.3 is 18.9 Å². The van der Waals surface area contributed by atoms with Gasteiger partial charge in [-0.2, -0.15) is 0 Å². The Bertz CT molecular complexity index is 970. The molecule has 1 aliphatic heterocycles. The molecular weight excluding hydrogens is 368 g/mol. The number of likely N-dealkylation sites (tertiary alicyclic amines) is 1. The van der Waals surface area contributed by atoms with Crippen LogP contribution >= 0.6 is 0 Å². The van der Waals surface area contributed by atoms with Crippen LogP contribution in [0.5, 0.6) is 5.75 Å². The monoisotopic (exact) mass is 396 g/mol. The van der Waals surface area contributed by atoms with E-state index in [-0.39, 0.29) is 0 Å². The molecule has 29 heavy (non-hydrogen) atoms. The molecule has 3 heterocycles. The zero-order valence-electron chi connectivity index (χ0n) is 17.3. The molecule has 0 spiro atoms. The second-order valence-corrected chi connectivity index (χ2v) is 7.94. The second-order valence-electron chi connectivity index (χ2n) is 7.94. The number of aliphatic hydroxyl groups is 1. The van der Waals surface area contributed by atoms with Crippen molar-refractivity contribution < 1.29 is 14.4 Å². The molecule has 1 aliphatic rings. The van der Waals surface area contributed by atoms with Crippen molar-refractivity contribution in [2.24, 2.45) is 7.05 Å². The van der Waals surface area contributed by atoms with Gasteiger partial charge in [0.2, 0.25) is 0 Å². The van der Waals surface area contributed by atoms with E-state index in [1.807, 2.05) is 50.5 Å². The molecule has 154 valence electrons. The first-order valence-electron chi connectivity index (χ1n) is 9.98. The normalized spacial score (nSPS) is 16.8. The van der Waals surface area contributed by atoms with E-state index in [0.29, 0.717) is 25.0 Å². The van der Waals surface area contributed by atoms with Gasteiger partial charge in [0.25, 0.3) is 0 Å². The molecule has 1 saturated heterocycles. The molecule has 7 nitrogen and oxygen atoms in total. The lowest BCUT2D eigenvalue weighted by Crippen LogP contribution is -2.45. The third-order valence-corrected chi connectivity index (χ3v) is 5.92. The van der Waals surface area contributed by atoms with Crippen LogP contribution in [0.4, 0.5) is 0 Å². The number of methoxy groups -OCH3 is 1. The maximum Gasteiger partial charge on any atom is 0.140 e. The Morgan fingerprint density at radius 2 is 2.03 bits per heavy atom. The van der Waals surface area contributed by atoms with Crippen molar-refractivity contribution in [2.45, 2.75) is 38.3 Å². The van der Waals surface area contributed by atoms with E-state index in [4.69, 9.17) is 9.26 Å². The summed E-state index contributed by atoms with van der Waals surface area (Å²) in [6.07, 6.45) is 3.82. The maximum absolute atomic E-state index is 11.1. The Labute approximate surface area is 170 Å². The first-order chi connectivity index (χ1) is 14.0. The number of benzene rings is 1. The van der Waals surface area contributed by atoms with Crippen molar-refractivity contribution in [3.05, 3.63) is 53.8 Å². The van der Waals surface area contributed by atoms with Crippen LogP contribution < -0.4 is 4.74 Å². The first-order valence-corrected chi connectivity index (χ1v) is 9.98. The van der Waals surface area contributed by atoms with E-state index >= 15 is 0 Å². The Balaban J connectivity index is 1.36. The molecule has 1 N–H and O–H groups in total. The molecular formula is C22H28N4O3. The number of imidazole rings is 1. The number of hydrogen-bond acceptors (Lipinski definition) is 6. The number of aromatic nitrogens is 3. The fraction of sp³-hybridized carbons (Fsp3) is 0.455. The highest BCUT2D eigenvalue weighted by molar-refractivity contribution is 5.60. The predicted octanol–water partition coefficient (Wildman–Crippen LogP) is 2.96. The fourth-order valence-corrected chi connectivity index (χ4v) is 3.87. The van der Waals surface area contributed by atoms with Gasteiger partial charge in [-0.05, 0) is 31.9 Å². The number of piperidine rings is 1. The summed E-state index contributed by atoms with van der Waals surface area (Å²) < 4.78 is 12.9. The summed E-state index contributed by atoms with van der Waals surface area (Å²) in [6, 6.07) is 9.63. The lowest BCUT2D eigenvalue weighted by Gasteiger charge is -2.37. The van der Waals surface area contributed by atoms with Gasteiger partial charge in [0.1, 0.15) is 23.0 Å². The average Bonchev–Trinajstić information content (AvgIpc) is 3.31. The van der Waals surface area contributed by atoms with Crippen molar-refractivity contribution in [3.63, 3.8) is 0 Å². The Hall–Kier alpha value is -2.64. The minimum absolute atomic E-state index is 0.475. The molecule has 0 aliphatic carbocycles. The highest BCUT2D eigenvalue weighted by Gasteiger charge is 2.34. The minimum atomic E-state index is -0.760. The molecule has 3 aromatic rings. The highest BCUT2D eigenvalue weighted by atomic mass is 16.5. The highest BCUT2D eigenvalue weighted by Crippen LogP contribution is 2.29. The number of rotatable bonds is 6. The summed E-state index contributed by atoms with van der Waals surface area (Å²) in [4.78, 5) is 6.73. The summed E-state index contributed by atoms with van der Waals surface area (Å²) in [6.45, 7) is 4.56. The largest absolute Gasteiger partial charge is 0.497 e. The van der Waals surface area contributed by atoms with Gasteiger partial charge in [0.05, 0.1) is 18.4 Å².